The Hall–Kier alpha value is -2.88. The number of rotatable bonds is 8. The van der Waals surface area contributed by atoms with Crippen LogP contribution in [0.4, 0.5) is 4.39 Å². The minimum Gasteiger partial charge on any atom is -0.345 e. The number of halogens is 1. The van der Waals surface area contributed by atoms with Gasteiger partial charge in [0, 0.05) is 30.9 Å². The summed E-state index contributed by atoms with van der Waals surface area (Å²) in [6.45, 7) is 4.05. The molecule has 2 atom stereocenters. The third-order valence-corrected chi connectivity index (χ3v) is 5.66. The highest BCUT2D eigenvalue weighted by Crippen LogP contribution is 2.48. The summed E-state index contributed by atoms with van der Waals surface area (Å²) >= 11 is 0. The molecule has 4 rings (SSSR count). The smallest absolute Gasteiger partial charge is 0.226 e. The van der Waals surface area contributed by atoms with Gasteiger partial charge in [-0.15, -0.1) is 0 Å². The van der Waals surface area contributed by atoms with Gasteiger partial charge in [0.25, 0.3) is 0 Å². The second-order valence-electron chi connectivity index (χ2n) is 7.88. The van der Waals surface area contributed by atoms with E-state index in [0.717, 1.165) is 30.6 Å². The number of carbonyl (C=O) groups is 1. The highest BCUT2D eigenvalue weighted by molar-refractivity contribution is 5.83. The summed E-state index contributed by atoms with van der Waals surface area (Å²) in [5.41, 5.74) is 3.26. The van der Waals surface area contributed by atoms with Gasteiger partial charge in [0.2, 0.25) is 5.91 Å². The number of carbonyl (C=O) groups excluding carboxylic acids is 1. The van der Waals surface area contributed by atoms with Crippen LogP contribution in [0.15, 0.2) is 72.9 Å². The molecule has 0 spiro atoms. The van der Waals surface area contributed by atoms with E-state index in [0.29, 0.717) is 19.0 Å². The molecule has 0 unspecified atom stereocenters. The fraction of sp³-hybridized carbons (Fsp3) is 0.320. The molecule has 1 aromatic heterocycles. The predicted octanol–water partition coefficient (Wildman–Crippen LogP) is 5.22. The quantitative estimate of drug-likeness (QED) is 0.518. The largest absolute Gasteiger partial charge is 0.345 e. The van der Waals surface area contributed by atoms with Gasteiger partial charge in [-0.2, -0.15) is 0 Å². The topological polar surface area (TPSA) is 25.2 Å². The van der Waals surface area contributed by atoms with Crippen LogP contribution < -0.4 is 0 Å². The number of hydrogen-bond donors (Lipinski definition) is 0. The number of nitrogens with zero attached hydrogens (tertiary/aromatic N) is 2. The summed E-state index contributed by atoms with van der Waals surface area (Å²) in [7, 11) is 0. The van der Waals surface area contributed by atoms with Crippen LogP contribution in [0.25, 0.3) is 0 Å². The van der Waals surface area contributed by atoms with Crippen molar-refractivity contribution in [3.8, 4) is 0 Å². The Morgan fingerprint density at radius 1 is 1.10 bits per heavy atom. The van der Waals surface area contributed by atoms with Crippen LogP contribution in [0.2, 0.25) is 0 Å². The predicted molar refractivity (Wildman–Crippen MR) is 113 cm³/mol. The molecule has 0 saturated heterocycles. The van der Waals surface area contributed by atoms with Crippen LogP contribution in [0.3, 0.4) is 0 Å². The fourth-order valence-electron chi connectivity index (χ4n) is 4.08. The van der Waals surface area contributed by atoms with Crippen molar-refractivity contribution in [3.05, 3.63) is 95.6 Å². The molecule has 0 N–H and O–H groups in total. The second kappa shape index (κ2) is 8.64. The van der Waals surface area contributed by atoms with Crippen molar-refractivity contribution in [1.82, 2.24) is 9.47 Å². The summed E-state index contributed by atoms with van der Waals surface area (Å²) in [6, 6.07) is 21.1. The van der Waals surface area contributed by atoms with Gasteiger partial charge >= 0.3 is 0 Å². The number of aromatic nitrogens is 1. The van der Waals surface area contributed by atoms with E-state index in [1.807, 2.05) is 41.4 Å². The van der Waals surface area contributed by atoms with E-state index in [9.17, 15) is 9.18 Å². The highest BCUT2D eigenvalue weighted by Gasteiger charge is 2.45. The van der Waals surface area contributed by atoms with Crippen molar-refractivity contribution >= 4 is 5.91 Å². The maximum absolute atomic E-state index is 13.5. The molecule has 0 bridgehead atoms. The average molecular weight is 391 g/mol. The van der Waals surface area contributed by atoms with Crippen LogP contribution in [0.5, 0.6) is 0 Å². The molecule has 2 aromatic carbocycles. The van der Waals surface area contributed by atoms with Gasteiger partial charge in [0.1, 0.15) is 5.82 Å². The minimum atomic E-state index is -0.223. The third-order valence-electron chi connectivity index (χ3n) is 5.66. The zero-order valence-electron chi connectivity index (χ0n) is 16.8. The van der Waals surface area contributed by atoms with Crippen molar-refractivity contribution in [1.29, 1.82) is 0 Å². The number of hydrogen-bond acceptors (Lipinski definition) is 1. The molecule has 1 aliphatic rings. The van der Waals surface area contributed by atoms with Gasteiger partial charge in [0.05, 0.1) is 6.54 Å². The zero-order chi connectivity index (χ0) is 20.2. The Morgan fingerprint density at radius 3 is 2.69 bits per heavy atom. The van der Waals surface area contributed by atoms with Crippen molar-refractivity contribution in [2.75, 3.05) is 6.54 Å². The van der Waals surface area contributed by atoms with Gasteiger partial charge in [0.15, 0.2) is 0 Å². The fourth-order valence-corrected chi connectivity index (χ4v) is 4.08. The normalized spacial score (nSPS) is 17.9. The van der Waals surface area contributed by atoms with Gasteiger partial charge in [-0.3, -0.25) is 4.79 Å². The van der Waals surface area contributed by atoms with Crippen molar-refractivity contribution in [2.45, 2.75) is 38.8 Å². The van der Waals surface area contributed by atoms with E-state index in [-0.39, 0.29) is 17.6 Å². The van der Waals surface area contributed by atoms with Gasteiger partial charge in [-0.1, -0.05) is 49.4 Å². The van der Waals surface area contributed by atoms with Gasteiger partial charge in [-0.25, -0.2) is 4.39 Å². The van der Waals surface area contributed by atoms with E-state index in [1.54, 1.807) is 12.1 Å². The van der Waals surface area contributed by atoms with E-state index >= 15 is 0 Å². The first-order valence-corrected chi connectivity index (χ1v) is 10.4. The lowest BCUT2D eigenvalue weighted by Crippen LogP contribution is -2.33. The van der Waals surface area contributed by atoms with Crippen LogP contribution in [-0.2, 0) is 17.9 Å². The molecule has 1 amide bonds. The third kappa shape index (κ3) is 4.58. The van der Waals surface area contributed by atoms with Crippen molar-refractivity contribution < 1.29 is 9.18 Å². The monoisotopic (exact) mass is 390 g/mol. The van der Waals surface area contributed by atoms with E-state index in [2.05, 4.69) is 29.7 Å². The maximum atomic E-state index is 13.5. The molecule has 1 heterocycles. The Labute approximate surface area is 171 Å². The molecule has 150 valence electrons. The number of benzene rings is 2. The molecule has 3 nitrogen and oxygen atoms in total. The number of amides is 1. The van der Waals surface area contributed by atoms with Crippen molar-refractivity contribution in [2.24, 2.45) is 5.92 Å². The van der Waals surface area contributed by atoms with Crippen LogP contribution in [-0.4, -0.2) is 21.9 Å². The molecule has 0 radical (unpaired) electrons. The van der Waals surface area contributed by atoms with Crippen molar-refractivity contribution in [3.63, 3.8) is 0 Å². The zero-order valence-corrected chi connectivity index (χ0v) is 16.8. The second-order valence-corrected chi connectivity index (χ2v) is 7.88. The lowest BCUT2D eigenvalue weighted by atomic mass is 10.1. The standard InChI is InChI=1S/C25H27FN2O/c1-2-13-28(25(29)24-16-23(24)20-9-4-3-5-10-20)18-22-12-7-14-27(22)17-19-8-6-11-21(26)15-19/h3-12,14-15,23-24H,2,13,16-18H2,1H3/t23-,24-/m0/s1. The summed E-state index contributed by atoms with van der Waals surface area (Å²) in [5.74, 6) is 0.469. The summed E-state index contributed by atoms with van der Waals surface area (Å²) < 4.78 is 15.6. The van der Waals surface area contributed by atoms with E-state index in [1.165, 1.54) is 11.6 Å². The lowest BCUT2D eigenvalue weighted by molar-refractivity contribution is -0.133. The van der Waals surface area contributed by atoms with E-state index in [4.69, 9.17) is 0 Å². The average Bonchev–Trinajstić information content (AvgIpc) is 3.42. The molecule has 4 heteroatoms. The summed E-state index contributed by atoms with van der Waals surface area (Å²) in [4.78, 5) is 15.2. The minimum absolute atomic E-state index is 0.0931. The Kier molecular flexibility index (Phi) is 5.79. The first-order valence-electron chi connectivity index (χ1n) is 10.4. The molecule has 1 saturated carbocycles. The Balaban J connectivity index is 1.45. The molecule has 1 fully saturated rings. The lowest BCUT2D eigenvalue weighted by Gasteiger charge is -2.23. The van der Waals surface area contributed by atoms with Crippen LogP contribution in [0, 0.1) is 11.7 Å². The van der Waals surface area contributed by atoms with Crippen LogP contribution >= 0.6 is 0 Å². The van der Waals surface area contributed by atoms with Gasteiger partial charge in [-0.05, 0) is 54.2 Å². The first-order chi connectivity index (χ1) is 14.2. The SMILES string of the molecule is CCCN(Cc1cccn1Cc1cccc(F)c1)C(=O)[C@H]1C[C@H]1c1ccccc1. The Bertz CT molecular complexity index is 966. The van der Waals surface area contributed by atoms with Gasteiger partial charge < -0.3 is 9.47 Å². The van der Waals surface area contributed by atoms with Crippen LogP contribution in [0.1, 0.15) is 42.5 Å². The Morgan fingerprint density at radius 2 is 1.93 bits per heavy atom. The molecule has 1 aliphatic carbocycles. The highest BCUT2D eigenvalue weighted by atomic mass is 19.1. The molecular formula is C25H27FN2O. The summed E-state index contributed by atoms with van der Waals surface area (Å²) in [5, 5.41) is 0. The molecule has 0 aliphatic heterocycles. The molecule has 3 aromatic rings. The maximum Gasteiger partial charge on any atom is 0.226 e. The molecular weight excluding hydrogens is 363 g/mol. The summed E-state index contributed by atoms with van der Waals surface area (Å²) in [6.07, 6.45) is 3.87. The van der Waals surface area contributed by atoms with E-state index < -0.39 is 0 Å². The molecule has 29 heavy (non-hydrogen) atoms. The first kappa shape index (κ1) is 19.4.